The third-order valence-corrected chi connectivity index (χ3v) is 4.44. The van der Waals surface area contributed by atoms with Crippen molar-refractivity contribution in [3.8, 4) is 5.75 Å². The molecular weight excluding hydrogens is 344 g/mol. The molecule has 6 nitrogen and oxygen atoms in total. The lowest BCUT2D eigenvalue weighted by atomic mass is 10.1. The van der Waals surface area contributed by atoms with E-state index in [4.69, 9.17) is 9.47 Å². The molecule has 1 heterocycles. The minimum absolute atomic E-state index is 0.00639. The van der Waals surface area contributed by atoms with E-state index in [0.717, 1.165) is 25.9 Å². The minimum atomic E-state index is -0.284. The zero-order valence-corrected chi connectivity index (χ0v) is 15.4. The molecule has 0 spiro atoms. The van der Waals surface area contributed by atoms with Crippen LogP contribution in [0.1, 0.15) is 33.6 Å². The number of carbonyl (C=O) groups excluding carboxylic acids is 2. The highest BCUT2D eigenvalue weighted by atomic mass is 16.5. The maximum atomic E-state index is 12.7. The van der Waals surface area contributed by atoms with Crippen LogP contribution in [0.3, 0.4) is 0 Å². The maximum absolute atomic E-state index is 12.7. The highest BCUT2D eigenvalue weighted by Gasteiger charge is 2.20. The molecule has 0 saturated carbocycles. The van der Waals surface area contributed by atoms with Crippen LogP contribution < -0.4 is 10.1 Å². The van der Waals surface area contributed by atoms with Crippen LogP contribution in [0.25, 0.3) is 0 Å². The fourth-order valence-electron chi connectivity index (χ4n) is 3.05. The van der Waals surface area contributed by atoms with Gasteiger partial charge < -0.3 is 19.7 Å². The Morgan fingerprint density at radius 1 is 1.04 bits per heavy atom. The van der Waals surface area contributed by atoms with Crippen molar-refractivity contribution in [1.82, 2.24) is 4.90 Å². The summed E-state index contributed by atoms with van der Waals surface area (Å²) in [5.41, 5.74) is 1.60. The summed E-state index contributed by atoms with van der Waals surface area (Å²) in [6.07, 6.45) is 2.09. The van der Waals surface area contributed by atoms with E-state index < -0.39 is 0 Å². The average Bonchev–Trinajstić information content (AvgIpc) is 3.23. The van der Waals surface area contributed by atoms with E-state index in [-0.39, 0.29) is 11.8 Å². The van der Waals surface area contributed by atoms with E-state index >= 15 is 0 Å². The first-order valence-electron chi connectivity index (χ1n) is 9.10. The largest absolute Gasteiger partial charge is 0.490 e. The molecule has 0 radical (unpaired) electrons. The highest BCUT2D eigenvalue weighted by molar-refractivity contribution is 6.06. The second kappa shape index (κ2) is 9.19. The lowest BCUT2D eigenvalue weighted by Crippen LogP contribution is -2.27. The average molecular weight is 368 g/mol. The molecule has 2 aromatic rings. The second-order valence-electron chi connectivity index (χ2n) is 6.37. The Morgan fingerprint density at radius 3 is 2.59 bits per heavy atom. The third-order valence-electron chi connectivity index (χ3n) is 4.44. The first-order chi connectivity index (χ1) is 13.2. The van der Waals surface area contributed by atoms with Gasteiger partial charge in [0.25, 0.3) is 11.8 Å². The van der Waals surface area contributed by atoms with E-state index in [0.29, 0.717) is 35.8 Å². The van der Waals surface area contributed by atoms with Crippen LogP contribution in [-0.4, -0.2) is 50.1 Å². The Morgan fingerprint density at radius 2 is 1.81 bits per heavy atom. The number of methoxy groups -OCH3 is 1. The second-order valence-corrected chi connectivity index (χ2v) is 6.37. The van der Waals surface area contributed by atoms with Crippen molar-refractivity contribution in [2.75, 3.05) is 38.7 Å². The van der Waals surface area contributed by atoms with Gasteiger partial charge in [0.2, 0.25) is 0 Å². The molecule has 1 saturated heterocycles. The van der Waals surface area contributed by atoms with E-state index in [1.165, 1.54) is 0 Å². The molecule has 0 atom stereocenters. The molecule has 2 aromatic carbocycles. The first-order valence-corrected chi connectivity index (χ1v) is 9.10. The van der Waals surface area contributed by atoms with Crippen molar-refractivity contribution in [3.05, 3.63) is 59.7 Å². The van der Waals surface area contributed by atoms with Gasteiger partial charge in [-0.1, -0.05) is 18.2 Å². The van der Waals surface area contributed by atoms with E-state index in [1.807, 2.05) is 11.0 Å². The number of benzene rings is 2. The summed E-state index contributed by atoms with van der Waals surface area (Å²) >= 11 is 0. The molecule has 3 rings (SSSR count). The predicted molar refractivity (Wildman–Crippen MR) is 103 cm³/mol. The molecule has 2 amide bonds. The molecule has 0 aliphatic carbocycles. The number of ether oxygens (including phenoxy) is 2. The van der Waals surface area contributed by atoms with Gasteiger partial charge >= 0.3 is 0 Å². The van der Waals surface area contributed by atoms with Crippen LogP contribution in [0, 0.1) is 0 Å². The quantitative estimate of drug-likeness (QED) is 0.762. The van der Waals surface area contributed by atoms with Crippen LogP contribution in [0.4, 0.5) is 5.69 Å². The van der Waals surface area contributed by atoms with Crippen molar-refractivity contribution in [3.63, 3.8) is 0 Å². The van der Waals surface area contributed by atoms with E-state index in [1.54, 1.807) is 49.6 Å². The van der Waals surface area contributed by atoms with Gasteiger partial charge in [-0.25, -0.2) is 0 Å². The summed E-state index contributed by atoms with van der Waals surface area (Å²) in [6.45, 7) is 2.39. The molecule has 1 aliphatic heterocycles. The molecule has 0 bridgehead atoms. The molecule has 0 unspecified atom stereocenters. The molecule has 1 N–H and O–H groups in total. The number of hydrogen-bond donors (Lipinski definition) is 1. The van der Waals surface area contributed by atoms with Gasteiger partial charge in [-0.15, -0.1) is 0 Å². The summed E-state index contributed by atoms with van der Waals surface area (Å²) in [7, 11) is 1.60. The molecule has 142 valence electrons. The van der Waals surface area contributed by atoms with Gasteiger partial charge in [0.15, 0.2) is 0 Å². The van der Waals surface area contributed by atoms with Crippen molar-refractivity contribution >= 4 is 17.5 Å². The number of para-hydroxylation sites is 1. The Kier molecular flexibility index (Phi) is 6.44. The standard InChI is InChI=1S/C21H24N2O4/c1-26-13-14-27-19-10-3-2-9-18(19)20(24)22-17-8-6-7-16(15-17)21(25)23-11-4-5-12-23/h2-3,6-10,15H,4-5,11-14H2,1H3,(H,22,24). The van der Waals surface area contributed by atoms with Crippen molar-refractivity contribution < 1.29 is 19.1 Å². The SMILES string of the molecule is COCCOc1ccccc1C(=O)Nc1cccc(C(=O)N2CCCC2)c1. The third kappa shape index (κ3) is 4.86. The first kappa shape index (κ1) is 18.9. The smallest absolute Gasteiger partial charge is 0.259 e. The molecule has 27 heavy (non-hydrogen) atoms. The van der Waals surface area contributed by atoms with Crippen LogP contribution in [0.5, 0.6) is 5.75 Å². The Bertz CT molecular complexity index is 800. The highest BCUT2D eigenvalue weighted by Crippen LogP contribution is 2.21. The molecule has 6 heteroatoms. The van der Waals surface area contributed by atoms with Crippen LogP contribution in [-0.2, 0) is 4.74 Å². The number of anilines is 1. The van der Waals surface area contributed by atoms with Crippen molar-refractivity contribution in [2.24, 2.45) is 0 Å². The Labute approximate surface area is 159 Å². The van der Waals surface area contributed by atoms with Crippen LogP contribution >= 0.6 is 0 Å². The van der Waals surface area contributed by atoms with E-state index in [9.17, 15) is 9.59 Å². The lowest BCUT2D eigenvalue weighted by Gasteiger charge is -2.16. The van der Waals surface area contributed by atoms with Gasteiger partial charge in [-0.2, -0.15) is 0 Å². The van der Waals surface area contributed by atoms with Crippen molar-refractivity contribution in [1.29, 1.82) is 0 Å². The Balaban J connectivity index is 1.71. The number of hydrogen-bond acceptors (Lipinski definition) is 4. The number of nitrogens with zero attached hydrogens (tertiary/aromatic N) is 1. The number of rotatable bonds is 7. The zero-order valence-electron chi connectivity index (χ0n) is 15.4. The topological polar surface area (TPSA) is 67.9 Å². The van der Waals surface area contributed by atoms with Crippen LogP contribution in [0.15, 0.2) is 48.5 Å². The van der Waals surface area contributed by atoms with Gasteiger partial charge in [0, 0.05) is 31.5 Å². The summed E-state index contributed by atoms with van der Waals surface area (Å²) < 4.78 is 10.6. The van der Waals surface area contributed by atoms with Gasteiger partial charge in [0.05, 0.1) is 12.2 Å². The number of nitrogens with one attached hydrogen (secondary N) is 1. The zero-order chi connectivity index (χ0) is 19.1. The summed E-state index contributed by atoms with van der Waals surface area (Å²) in [5, 5.41) is 2.85. The number of amides is 2. The summed E-state index contributed by atoms with van der Waals surface area (Å²) in [5.74, 6) is 0.219. The fraction of sp³-hybridized carbons (Fsp3) is 0.333. The maximum Gasteiger partial charge on any atom is 0.259 e. The molecule has 0 aromatic heterocycles. The predicted octanol–water partition coefficient (Wildman–Crippen LogP) is 3.20. The Hall–Kier alpha value is -2.86. The molecular formula is C21H24N2O4. The van der Waals surface area contributed by atoms with Gasteiger partial charge in [-0.3, -0.25) is 9.59 Å². The number of likely N-dealkylation sites (tertiary alicyclic amines) is 1. The summed E-state index contributed by atoms with van der Waals surface area (Å²) in [4.78, 5) is 27.1. The monoisotopic (exact) mass is 368 g/mol. The summed E-state index contributed by atoms with van der Waals surface area (Å²) in [6, 6.07) is 14.1. The minimum Gasteiger partial charge on any atom is -0.490 e. The molecule has 1 aliphatic rings. The van der Waals surface area contributed by atoms with Gasteiger partial charge in [0.1, 0.15) is 12.4 Å². The normalized spacial score (nSPS) is 13.4. The van der Waals surface area contributed by atoms with E-state index in [2.05, 4.69) is 5.32 Å². The van der Waals surface area contributed by atoms with Gasteiger partial charge in [-0.05, 0) is 43.2 Å². The van der Waals surface area contributed by atoms with Crippen molar-refractivity contribution in [2.45, 2.75) is 12.8 Å². The fourth-order valence-corrected chi connectivity index (χ4v) is 3.05. The lowest BCUT2D eigenvalue weighted by molar-refractivity contribution is 0.0792. The van der Waals surface area contributed by atoms with Crippen LogP contribution in [0.2, 0.25) is 0 Å². The number of carbonyl (C=O) groups is 2. The molecule has 1 fully saturated rings.